The molecular formula is C19H25N3OS. The van der Waals surface area contributed by atoms with Crippen LogP contribution in [0.2, 0.25) is 0 Å². The fourth-order valence-electron chi connectivity index (χ4n) is 3.52. The van der Waals surface area contributed by atoms with Crippen molar-refractivity contribution in [3.8, 4) is 6.07 Å². The van der Waals surface area contributed by atoms with E-state index in [0.717, 1.165) is 49.5 Å². The van der Waals surface area contributed by atoms with Gasteiger partial charge in [0.25, 0.3) is 0 Å². The van der Waals surface area contributed by atoms with Crippen LogP contribution in [-0.2, 0) is 17.6 Å². The summed E-state index contributed by atoms with van der Waals surface area (Å²) in [6.07, 6.45) is 10.3. The third-order valence-corrected chi connectivity index (χ3v) is 5.90. The van der Waals surface area contributed by atoms with Crippen LogP contribution in [0.4, 0.5) is 0 Å². The van der Waals surface area contributed by atoms with Crippen LogP contribution in [0, 0.1) is 11.3 Å². The Morgan fingerprint density at radius 3 is 2.58 bits per heavy atom. The first-order chi connectivity index (χ1) is 11.8. The molecule has 2 aliphatic rings. The molecule has 0 unspecified atom stereocenters. The number of hydrogen-bond acceptors (Lipinski definition) is 4. The number of fused-ring (bicyclic) bond motifs is 1. The molecule has 1 aliphatic heterocycles. The first-order valence-electron chi connectivity index (χ1n) is 9.11. The van der Waals surface area contributed by atoms with Gasteiger partial charge in [-0.15, -0.1) is 0 Å². The second kappa shape index (κ2) is 8.53. The number of hydrogen-bond donors (Lipinski definition) is 0. The lowest BCUT2D eigenvalue weighted by molar-refractivity contribution is -0.129. The fraction of sp³-hybridized carbons (Fsp3) is 0.632. The SMILES string of the molecule is N#Cc1cc2c(nc1SCC(=O)N1CCCCC1)CCCCCC2. The van der Waals surface area contributed by atoms with Gasteiger partial charge in [-0.25, -0.2) is 4.98 Å². The molecule has 0 N–H and O–H groups in total. The second-order valence-corrected chi connectivity index (χ2v) is 7.67. The van der Waals surface area contributed by atoms with Crippen LogP contribution in [0.15, 0.2) is 11.1 Å². The highest BCUT2D eigenvalue weighted by molar-refractivity contribution is 7.99. The van der Waals surface area contributed by atoms with Crippen molar-refractivity contribution < 1.29 is 4.79 Å². The lowest BCUT2D eigenvalue weighted by Gasteiger charge is -2.26. The van der Waals surface area contributed by atoms with Crippen molar-refractivity contribution in [3.63, 3.8) is 0 Å². The zero-order valence-corrected chi connectivity index (χ0v) is 15.0. The molecule has 0 bridgehead atoms. The minimum absolute atomic E-state index is 0.178. The number of piperidine rings is 1. The number of carbonyl (C=O) groups is 1. The van der Waals surface area contributed by atoms with Crippen molar-refractivity contribution in [3.05, 3.63) is 22.9 Å². The number of amides is 1. The van der Waals surface area contributed by atoms with E-state index < -0.39 is 0 Å². The van der Waals surface area contributed by atoms with Crippen LogP contribution in [0.3, 0.4) is 0 Å². The maximum Gasteiger partial charge on any atom is 0.232 e. The maximum absolute atomic E-state index is 12.4. The van der Waals surface area contributed by atoms with Gasteiger partial charge in [-0.1, -0.05) is 24.6 Å². The monoisotopic (exact) mass is 343 g/mol. The number of aromatic nitrogens is 1. The summed E-state index contributed by atoms with van der Waals surface area (Å²) in [6.45, 7) is 1.75. The highest BCUT2D eigenvalue weighted by Crippen LogP contribution is 2.27. The van der Waals surface area contributed by atoms with Gasteiger partial charge >= 0.3 is 0 Å². The summed E-state index contributed by atoms with van der Waals surface area (Å²) in [4.78, 5) is 19.1. The molecule has 3 rings (SSSR count). The molecule has 5 heteroatoms. The molecule has 1 amide bonds. The zero-order chi connectivity index (χ0) is 16.8. The average Bonchev–Trinajstić information content (AvgIpc) is 2.61. The first kappa shape index (κ1) is 17.3. The summed E-state index contributed by atoms with van der Waals surface area (Å²) in [5.74, 6) is 0.567. The maximum atomic E-state index is 12.4. The van der Waals surface area contributed by atoms with E-state index in [0.29, 0.717) is 11.3 Å². The predicted molar refractivity (Wildman–Crippen MR) is 96.0 cm³/mol. The van der Waals surface area contributed by atoms with Gasteiger partial charge in [0, 0.05) is 18.8 Å². The van der Waals surface area contributed by atoms with E-state index in [9.17, 15) is 10.1 Å². The Morgan fingerprint density at radius 2 is 1.83 bits per heavy atom. The predicted octanol–water partition coefficient (Wildman–Crippen LogP) is 3.72. The highest BCUT2D eigenvalue weighted by atomic mass is 32.2. The lowest BCUT2D eigenvalue weighted by Crippen LogP contribution is -2.36. The van der Waals surface area contributed by atoms with Crippen LogP contribution in [0.5, 0.6) is 0 Å². The summed E-state index contributed by atoms with van der Waals surface area (Å²) in [6, 6.07) is 4.29. The van der Waals surface area contributed by atoms with E-state index >= 15 is 0 Å². The summed E-state index contributed by atoms with van der Waals surface area (Å²) in [5, 5.41) is 10.2. The molecule has 1 aromatic rings. The van der Waals surface area contributed by atoms with Gasteiger partial charge in [-0.05, 0) is 56.6 Å². The Labute approximate surface area is 148 Å². The number of pyridine rings is 1. The quantitative estimate of drug-likeness (QED) is 0.785. The van der Waals surface area contributed by atoms with Crippen molar-refractivity contribution in [1.29, 1.82) is 5.26 Å². The van der Waals surface area contributed by atoms with Crippen molar-refractivity contribution in [2.24, 2.45) is 0 Å². The molecule has 0 aromatic carbocycles. The molecule has 1 aliphatic carbocycles. The van der Waals surface area contributed by atoms with Crippen molar-refractivity contribution >= 4 is 17.7 Å². The smallest absolute Gasteiger partial charge is 0.232 e. The first-order valence-corrected chi connectivity index (χ1v) is 10.1. The molecule has 4 nitrogen and oxygen atoms in total. The van der Waals surface area contributed by atoms with E-state index in [2.05, 4.69) is 6.07 Å². The number of aryl methyl sites for hydroxylation is 2. The van der Waals surface area contributed by atoms with E-state index in [1.54, 1.807) is 0 Å². The Morgan fingerprint density at radius 1 is 1.12 bits per heavy atom. The van der Waals surface area contributed by atoms with Crippen LogP contribution < -0.4 is 0 Å². The molecule has 24 heavy (non-hydrogen) atoms. The molecule has 0 saturated carbocycles. The topological polar surface area (TPSA) is 57.0 Å². The summed E-state index contributed by atoms with van der Waals surface area (Å²) in [7, 11) is 0. The Kier molecular flexibility index (Phi) is 6.14. The molecule has 128 valence electrons. The van der Waals surface area contributed by atoms with Crippen LogP contribution in [-0.4, -0.2) is 34.6 Å². The van der Waals surface area contributed by atoms with E-state index in [4.69, 9.17) is 4.98 Å². The van der Waals surface area contributed by atoms with E-state index in [1.807, 2.05) is 11.0 Å². The molecule has 1 saturated heterocycles. The lowest BCUT2D eigenvalue weighted by atomic mass is 9.96. The Balaban J connectivity index is 1.71. The number of rotatable bonds is 3. The molecule has 2 heterocycles. The van der Waals surface area contributed by atoms with Crippen LogP contribution in [0.25, 0.3) is 0 Å². The van der Waals surface area contributed by atoms with Crippen LogP contribution >= 0.6 is 11.8 Å². The minimum atomic E-state index is 0.178. The number of likely N-dealkylation sites (tertiary alicyclic amines) is 1. The molecule has 1 fully saturated rings. The van der Waals surface area contributed by atoms with Gasteiger partial charge in [0.2, 0.25) is 5.91 Å². The van der Waals surface area contributed by atoms with Gasteiger partial charge in [0.1, 0.15) is 11.1 Å². The van der Waals surface area contributed by atoms with E-state index in [-0.39, 0.29) is 5.91 Å². The third kappa shape index (κ3) is 4.30. The molecule has 0 spiro atoms. The second-order valence-electron chi connectivity index (χ2n) is 6.70. The molecule has 0 radical (unpaired) electrons. The average molecular weight is 343 g/mol. The van der Waals surface area contributed by atoms with Crippen molar-refractivity contribution in [2.45, 2.75) is 62.8 Å². The van der Waals surface area contributed by atoms with Crippen molar-refractivity contribution in [1.82, 2.24) is 9.88 Å². The fourth-order valence-corrected chi connectivity index (χ4v) is 4.40. The Bertz CT molecular complexity index is 632. The summed E-state index contributed by atoms with van der Waals surface area (Å²) < 4.78 is 0. The minimum Gasteiger partial charge on any atom is -0.342 e. The van der Waals surface area contributed by atoms with Crippen molar-refractivity contribution in [2.75, 3.05) is 18.8 Å². The molecule has 0 atom stereocenters. The standard InChI is InChI=1S/C19H25N3OS/c20-13-16-12-15-8-4-1-2-5-9-17(15)21-19(16)24-14-18(23)22-10-6-3-7-11-22/h12H,1-11,14H2. The highest BCUT2D eigenvalue weighted by Gasteiger charge is 2.19. The molecular weight excluding hydrogens is 318 g/mol. The summed E-state index contributed by atoms with van der Waals surface area (Å²) >= 11 is 1.43. The third-order valence-electron chi connectivity index (χ3n) is 4.93. The zero-order valence-electron chi connectivity index (χ0n) is 14.2. The summed E-state index contributed by atoms with van der Waals surface area (Å²) in [5.41, 5.74) is 3.00. The number of thioether (sulfide) groups is 1. The number of carbonyl (C=O) groups excluding carboxylic acids is 1. The molecule has 1 aromatic heterocycles. The van der Waals surface area contributed by atoms with Gasteiger partial charge < -0.3 is 4.90 Å². The largest absolute Gasteiger partial charge is 0.342 e. The van der Waals surface area contributed by atoms with Crippen LogP contribution in [0.1, 0.15) is 61.8 Å². The van der Waals surface area contributed by atoms with E-state index in [1.165, 1.54) is 49.4 Å². The number of nitriles is 1. The van der Waals surface area contributed by atoms with Gasteiger partial charge in [-0.3, -0.25) is 4.79 Å². The number of nitrogens with zero attached hydrogens (tertiary/aromatic N) is 3. The van der Waals surface area contributed by atoms with Gasteiger partial charge in [0.05, 0.1) is 11.3 Å². The van der Waals surface area contributed by atoms with Gasteiger partial charge in [-0.2, -0.15) is 5.26 Å². The van der Waals surface area contributed by atoms with Gasteiger partial charge in [0.15, 0.2) is 0 Å². The Hall–Kier alpha value is -1.54. The normalized spacial score (nSPS) is 18.2.